The molecule has 1 aliphatic carbocycles. The van der Waals surface area contributed by atoms with Crippen LogP contribution in [-0.4, -0.2) is 51.1 Å². The van der Waals surface area contributed by atoms with Gasteiger partial charge >= 0.3 is 0 Å². The Morgan fingerprint density at radius 2 is 2.00 bits per heavy atom. The highest BCUT2D eigenvalue weighted by Gasteiger charge is 2.22. The van der Waals surface area contributed by atoms with Crippen molar-refractivity contribution < 1.29 is 0 Å². The largest absolute Gasteiger partial charge is 0.356 e. The van der Waals surface area contributed by atoms with Crippen LogP contribution in [0.1, 0.15) is 29.9 Å². The van der Waals surface area contributed by atoms with Crippen LogP contribution < -0.4 is 10.6 Å². The lowest BCUT2D eigenvalue weighted by Gasteiger charge is -2.18. The van der Waals surface area contributed by atoms with Crippen molar-refractivity contribution in [2.45, 2.75) is 25.2 Å². The lowest BCUT2D eigenvalue weighted by molar-refractivity contribution is 0.394. The topological polar surface area (TPSA) is 39.7 Å². The van der Waals surface area contributed by atoms with Crippen molar-refractivity contribution >= 4 is 29.9 Å². The van der Waals surface area contributed by atoms with E-state index >= 15 is 0 Å². The van der Waals surface area contributed by atoms with Crippen molar-refractivity contribution in [2.75, 3.05) is 40.3 Å². The number of likely N-dealkylation sites (tertiary alicyclic amines) is 1. The summed E-state index contributed by atoms with van der Waals surface area (Å²) < 4.78 is 0. The molecule has 1 heterocycles. The molecule has 2 N–H and O–H groups in total. The molecule has 1 saturated heterocycles. The molecule has 0 bridgehead atoms. The molecule has 5 heteroatoms. The van der Waals surface area contributed by atoms with E-state index in [9.17, 15) is 0 Å². The Hall–Kier alpha value is -0.820. The fraction of sp³-hybridized carbons (Fsp3) is 0.611. The SMILES string of the molecule is CN=C(NCC1CCN(C)C1)NCC1CCc2ccccc21.I. The van der Waals surface area contributed by atoms with Gasteiger partial charge < -0.3 is 15.5 Å². The Kier molecular flexibility index (Phi) is 7.14. The monoisotopic (exact) mass is 428 g/mol. The summed E-state index contributed by atoms with van der Waals surface area (Å²) in [4.78, 5) is 6.77. The molecule has 0 radical (unpaired) electrons. The number of hydrogen-bond acceptors (Lipinski definition) is 2. The summed E-state index contributed by atoms with van der Waals surface area (Å²) in [5.41, 5.74) is 3.04. The van der Waals surface area contributed by atoms with Gasteiger partial charge in [-0.25, -0.2) is 0 Å². The van der Waals surface area contributed by atoms with Crippen LogP contribution in [0.3, 0.4) is 0 Å². The summed E-state index contributed by atoms with van der Waals surface area (Å²) in [6.07, 6.45) is 3.75. The minimum absolute atomic E-state index is 0. The average Bonchev–Trinajstić information content (AvgIpc) is 3.14. The maximum atomic E-state index is 4.37. The van der Waals surface area contributed by atoms with Crippen molar-refractivity contribution in [1.29, 1.82) is 0 Å². The van der Waals surface area contributed by atoms with Crippen molar-refractivity contribution in [3.8, 4) is 0 Å². The molecule has 2 unspecified atom stereocenters. The fourth-order valence-corrected chi connectivity index (χ4v) is 3.73. The van der Waals surface area contributed by atoms with Crippen LogP contribution in [-0.2, 0) is 6.42 Å². The molecule has 23 heavy (non-hydrogen) atoms. The van der Waals surface area contributed by atoms with E-state index in [0.717, 1.165) is 25.0 Å². The molecule has 0 amide bonds. The zero-order chi connectivity index (χ0) is 15.4. The van der Waals surface area contributed by atoms with Gasteiger partial charge in [0.05, 0.1) is 0 Å². The number of hydrogen-bond donors (Lipinski definition) is 2. The Labute approximate surface area is 157 Å². The number of aryl methyl sites for hydroxylation is 1. The number of guanidine groups is 1. The van der Waals surface area contributed by atoms with Crippen LogP contribution in [0.2, 0.25) is 0 Å². The van der Waals surface area contributed by atoms with E-state index in [2.05, 4.69) is 51.8 Å². The second-order valence-corrected chi connectivity index (χ2v) is 6.69. The third-order valence-corrected chi connectivity index (χ3v) is 5.04. The van der Waals surface area contributed by atoms with Crippen molar-refractivity contribution in [1.82, 2.24) is 15.5 Å². The third kappa shape index (κ3) is 4.83. The normalized spacial score (nSPS) is 24.2. The van der Waals surface area contributed by atoms with Gasteiger partial charge in [0.15, 0.2) is 5.96 Å². The number of aliphatic imine (C=N–C) groups is 1. The molecule has 4 nitrogen and oxygen atoms in total. The van der Waals surface area contributed by atoms with E-state index in [1.54, 1.807) is 0 Å². The van der Waals surface area contributed by atoms with Gasteiger partial charge in [-0.2, -0.15) is 0 Å². The summed E-state index contributed by atoms with van der Waals surface area (Å²) in [5.74, 6) is 2.31. The molecule has 0 aromatic heterocycles. The van der Waals surface area contributed by atoms with E-state index in [0.29, 0.717) is 5.92 Å². The zero-order valence-corrected chi connectivity index (χ0v) is 16.5. The van der Waals surface area contributed by atoms with E-state index in [1.165, 1.54) is 43.5 Å². The first-order valence-corrected chi connectivity index (χ1v) is 8.47. The fourth-order valence-electron chi connectivity index (χ4n) is 3.73. The number of rotatable bonds is 4. The summed E-state index contributed by atoms with van der Waals surface area (Å²) in [7, 11) is 4.06. The number of benzene rings is 1. The predicted molar refractivity (Wildman–Crippen MR) is 108 cm³/mol. The Morgan fingerprint density at radius 1 is 1.22 bits per heavy atom. The quantitative estimate of drug-likeness (QED) is 0.440. The van der Waals surface area contributed by atoms with Gasteiger partial charge in [0.1, 0.15) is 0 Å². The first kappa shape index (κ1) is 18.5. The minimum Gasteiger partial charge on any atom is -0.356 e. The average molecular weight is 428 g/mol. The minimum atomic E-state index is 0. The zero-order valence-electron chi connectivity index (χ0n) is 14.2. The number of nitrogens with zero attached hydrogens (tertiary/aromatic N) is 2. The number of halogens is 1. The first-order chi connectivity index (χ1) is 10.8. The van der Waals surface area contributed by atoms with E-state index in [-0.39, 0.29) is 24.0 Å². The van der Waals surface area contributed by atoms with Gasteiger partial charge in [0, 0.05) is 32.6 Å². The van der Waals surface area contributed by atoms with Crippen molar-refractivity contribution in [2.24, 2.45) is 10.9 Å². The molecule has 3 rings (SSSR count). The van der Waals surface area contributed by atoms with Crippen molar-refractivity contribution in [3.05, 3.63) is 35.4 Å². The summed E-state index contributed by atoms with van der Waals surface area (Å²) >= 11 is 0. The summed E-state index contributed by atoms with van der Waals surface area (Å²) in [5, 5.41) is 7.00. The molecule has 2 atom stereocenters. The first-order valence-electron chi connectivity index (χ1n) is 8.47. The van der Waals surface area contributed by atoms with Crippen LogP contribution in [0.4, 0.5) is 0 Å². The Morgan fingerprint density at radius 3 is 2.74 bits per heavy atom. The van der Waals surface area contributed by atoms with E-state index in [1.807, 2.05) is 7.05 Å². The highest BCUT2D eigenvalue weighted by atomic mass is 127. The molecular formula is C18H29IN4. The molecule has 128 valence electrons. The van der Waals surface area contributed by atoms with Gasteiger partial charge in [0.25, 0.3) is 0 Å². The van der Waals surface area contributed by atoms with Gasteiger partial charge in [0.2, 0.25) is 0 Å². The van der Waals surface area contributed by atoms with Gasteiger partial charge in [-0.3, -0.25) is 4.99 Å². The highest BCUT2D eigenvalue weighted by molar-refractivity contribution is 14.0. The van der Waals surface area contributed by atoms with Crippen LogP contribution in [0.25, 0.3) is 0 Å². The molecular weight excluding hydrogens is 399 g/mol. The van der Waals surface area contributed by atoms with Crippen LogP contribution >= 0.6 is 24.0 Å². The standard InChI is InChI=1S/C18H28N4.HI/c1-19-18(20-11-14-9-10-22(2)13-14)21-12-16-8-7-15-5-3-4-6-17(15)16;/h3-6,14,16H,7-13H2,1-2H3,(H2,19,20,21);1H. The Bertz CT molecular complexity index is 532. The number of fused-ring (bicyclic) bond motifs is 1. The highest BCUT2D eigenvalue weighted by Crippen LogP contribution is 2.32. The molecule has 0 spiro atoms. The molecule has 1 aliphatic heterocycles. The smallest absolute Gasteiger partial charge is 0.191 e. The van der Waals surface area contributed by atoms with Gasteiger partial charge in [-0.05, 0) is 49.9 Å². The van der Waals surface area contributed by atoms with Crippen LogP contribution in [0, 0.1) is 5.92 Å². The van der Waals surface area contributed by atoms with Crippen LogP contribution in [0.15, 0.2) is 29.3 Å². The summed E-state index contributed by atoms with van der Waals surface area (Å²) in [6, 6.07) is 8.84. The van der Waals surface area contributed by atoms with Gasteiger partial charge in [-0.1, -0.05) is 24.3 Å². The molecule has 2 aliphatic rings. The molecule has 1 aromatic rings. The Balaban J connectivity index is 0.00000192. The van der Waals surface area contributed by atoms with Gasteiger partial charge in [-0.15, -0.1) is 24.0 Å². The van der Waals surface area contributed by atoms with Crippen LogP contribution in [0.5, 0.6) is 0 Å². The lowest BCUT2D eigenvalue weighted by atomic mass is 10.0. The maximum absolute atomic E-state index is 4.37. The third-order valence-electron chi connectivity index (χ3n) is 5.04. The predicted octanol–water partition coefficient (Wildman–Crippen LogP) is 2.45. The molecule has 1 fully saturated rings. The van der Waals surface area contributed by atoms with E-state index < -0.39 is 0 Å². The second-order valence-electron chi connectivity index (χ2n) is 6.69. The maximum Gasteiger partial charge on any atom is 0.191 e. The molecule has 1 aromatic carbocycles. The van der Waals surface area contributed by atoms with Crippen molar-refractivity contribution in [3.63, 3.8) is 0 Å². The van der Waals surface area contributed by atoms with E-state index in [4.69, 9.17) is 0 Å². The second kappa shape index (κ2) is 8.87. The number of nitrogens with one attached hydrogen (secondary N) is 2. The lowest BCUT2D eigenvalue weighted by Crippen LogP contribution is -2.41. The molecule has 0 saturated carbocycles. The summed E-state index contributed by atoms with van der Waals surface area (Å²) in [6.45, 7) is 4.41.